The molecule has 0 bridgehead atoms. The molecular formula is C26H35N3O6S2. The summed E-state index contributed by atoms with van der Waals surface area (Å²) in [5, 5.41) is 2.83. The van der Waals surface area contributed by atoms with Gasteiger partial charge in [0.25, 0.3) is 0 Å². The number of carbonyl (C=O) groups excluding carboxylic acids is 1. The van der Waals surface area contributed by atoms with Crippen LogP contribution in [0.3, 0.4) is 0 Å². The normalized spacial score (nSPS) is 18.4. The molecule has 2 heterocycles. The largest absolute Gasteiger partial charge is 0.495 e. The Labute approximate surface area is 219 Å². The van der Waals surface area contributed by atoms with Crippen LogP contribution in [0, 0.1) is 12.8 Å². The molecule has 0 spiro atoms. The molecule has 2 aromatic rings. The summed E-state index contributed by atoms with van der Waals surface area (Å²) in [6.45, 7) is 3.41. The maximum atomic E-state index is 13.1. The number of nitrogens with zero attached hydrogens (tertiary/aromatic N) is 2. The van der Waals surface area contributed by atoms with Crippen LogP contribution in [0.5, 0.6) is 5.75 Å². The Balaban J connectivity index is 1.41. The quantitative estimate of drug-likeness (QED) is 0.540. The van der Waals surface area contributed by atoms with Gasteiger partial charge in [-0.3, -0.25) is 4.79 Å². The third kappa shape index (κ3) is 6.51. The fourth-order valence-corrected chi connectivity index (χ4v) is 8.03. The van der Waals surface area contributed by atoms with Crippen LogP contribution < -0.4 is 10.1 Å². The molecule has 0 saturated carbocycles. The van der Waals surface area contributed by atoms with Gasteiger partial charge < -0.3 is 10.1 Å². The van der Waals surface area contributed by atoms with Gasteiger partial charge in [0.1, 0.15) is 5.75 Å². The summed E-state index contributed by atoms with van der Waals surface area (Å²) in [5.41, 5.74) is 2.04. The van der Waals surface area contributed by atoms with E-state index in [0.717, 1.165) is 30.4 Å². The average molecular weight is 550 g/mol. The van der Waals surface area contributed by atoms with E-state index in [4.69, 9.17) is 4.74 Å². The van der Waals surface area contributed by atoms with E-state index in [1.54, 1.807) is 12.1 Å². The zero-order chi connectivity index (χ0) is 26.6. The highest BCUT2D eigenvalue weighted by atomic mass is 32.2. The molecule has 9 nitrogen and oxygen atoms in total. The minimum atomic E-state index is -3.67. The summed E-state index contributed by atoms with van der Waals surface area (Å²) in [4.78, 5) is 13.2. The summed E-state index contributed by atoms with van der Waals surface area (Å²) in [6.07, 6.45) is 3.44. The van der Waals surface area contributed by atoms with Gasteiger partial charge in [-0.15, -0.1) is 0 Å². The van der Waals surface area contributed by atoms with Gasteiger partial charge in [0.05, 0.1) is 23.4 Å². The van der Waals surface area contributed by atoms with Crippen molar-refractivity contribution >= 4 is 31.6 Å². The molecular weight excluding hydrogens is 514 g/mol. The topological polar surface area (TPSA) is 113 Å². The van der Waals surface area contributed by atoms with Crippen molar-refractivity contribution in [3.8, 4) is 5.75 Å². The molecule has 202 valence electrons. The number of amides is 1. The monoisotopic (exact) mass is 549 g/mol. The van der Waals surface area contributed by atoms with Crippen LogP contribution in [0.2, 0.25) is 0 Å². The molecule has 2 saturated heterocycles. The Kier molecular flexibility index (Phi) is 8.57. The van der Waals surface area contributed by atoms with E-state index in [1.165, 1.54) is 27.9 Å². The molecule has 1 amide bonds. The van der Waals surface area contributed by atoms with Crippen LogP contribution in [0.4, 0.5) is 5.69 Å². The third-order valence-electron chi connectivity index (χ3n) is 7.03. The number of hydrogen-bond acceptors (Lipinski definition) is 6. The van der Waals surface area contributed by atoms with E-state index in [2.05, 4.69) is 5.32 Å². The zero-order valence-corrected chi connectivity index (χ0v) is 23.0. The molecule has 0 aromatic heterocycles. The highest BCUT2D eigenvalue weighted by Crippen LogP contribution is 2.31. The summed E-state index contributed by atoms with van der Waals surface area (Å²) < 4.78 is 60.4. The van der Waals surface area contributed by atoms with E-state index < -0.39 is 26.0 Å². The number of carbonyl (C=O) groups is 1. The van der Waals surface area contributed by atoms with E-state index in [1.807, 2.05) is 25.1 Å². The fourth-order valence-electron chi connectivity index (χ4n) is 4.93. The third-order valence-corrected chi connectivity index (χ3v) is 10.8. The number of nitrogens with one attached hydrogen (secondary N) is 1. The van der Waals surface area contributed by atoms with E-state index in [9.17, 15) is 21.6 Å². The minimum Gasteiger partial charge on any atom is -0.495 e. The lowest BCUT2D eigenvalue weighted by Gasteiger charge is -2.30. The van der Waals surface area contributed by atoms with E-state index >= 15 is 0 Å². The Hall–Kier alpha value is -2.47. The molecule has 11 heteroatoms. The molecule has 0 radical (unpaired) electrons. The Bertz CT molecular complexity index is 1330. The van der Waals surface area contributed by atoms with Crippen molar-refractivity contribution in [2.75, 3.05) is 38.6 Å². The van der Waals surface area contributed by atoms with Crippen molar-refractivity contribution in [2.45, 2.75) is 49.7 Å². The second kappa shape index (κ2) is 11.5. The van der Waals surface area contributed by atoms with Gasteiger partial charge in [-0.2, -0.15) is 4.31 Å². The predicted molar refractivity (Wildman–Crippen MR) is 142 cm³/mol. The Morgan fingerprint density at radius 1 is 0.946 bits per heavy atom. The van der Waals surface area contributed by atoms with Gasteiger partial charge in [0.15, 0.2) is 0 Å². The van der Waals surface area contributed by atoms with Crippen molar-refractivity contribution in [1.82, 2.24) is 8.61 Å². The number of anilines is 1. The summed E-state index contributed by atoms with van der Waals surface area (Å²) >= 11 is 0. The Morgan fingerprint density at radius 2 is 1.65 bits per heavy atom. The van der Waals surface area contributed by atoms with Gasteiger partial charge in [-0.25, -0.2) is 21.1 Å². The van der Waals surface area contributed by atoms with Crippen molar-refractivity contribution in [3.05, 3.63) is 53.6 Å². The maximum absolute atomic E-state index is 13.1. The Morgan fingerprint density at radius 3 is 2.30 bits per heavy atom. The molecule has 2 fully saturated rings. The lowest BCUT2D eigenvalue weighted by Crippen LogP contribution is -2.42. The second-order valence-electron chi connectivity index (χ2n) is 9.73. The van der Waals surface area contributed by atoms with Crippen molar-refractivity contribution in [2.24, 2.45) is 5.92 Å². The summed E-state index contributed by atoms with van der Waals surface area (Å²) in [5.74, 6) is -0.371. The van der Waals surface area contributed by atoms with Crippen LogP contribution in [0.15, 0.2) is 47.4 Å². The first kappa shape index (κ1) is 27.6. The molecule has 37 heavy (non-hydrogen) atoms. The number of benzene rings is 2. The molecule has 2 aliphatic heterocycles. The molecule has 0 atom stereocenters. The second-order valence-corrected chi connectivity index (χ2v) is 13.6. The first-order valence-electron chi connectivity index (χ1n) is 12.6. The highest BCUT2D eigenvalue weighted by Gasteiger charge is 2.32. The van der Waals surface area contributed by atoms with Gasteiger partial charge >= 0.3 is 0 Å². The fraction of sp³-hybridized carbons (Fsp3) is 0.500. The predicted octanol–water partition coefficient (Wildman–Crippen LogP) is 3.36. The van der Waals surface area contributed by atoms with Gasteiger partial charge in [-0.05, 0) is 56.4 Å². The summed E-state index contributed by atoms with van der Waals surface area (Å²) in [6, 6.07) is 11.9. The van der Waals surface area contributed by atoms with Crippen LogP contribution in [-0.4, -0.2) is 64.6 Å². The standard InChI is InChI=1S/C26H35N3O6S2/c1-20-7-6-8-21(17-20)19-36(31,32)28-15-11-22(12-16-28)26(30)27-24-18-23(9-10-25(24)35-2)37(33,34)29-13-4-3-5-14-29/h6-10,17-18,22H,3-5,11-16,19H2,1-2H3,(H,27,30). The lowest BCUT2D eigenvalue weighted by molar-refractivity contribution is -0.120. The minimum absolute atomic E-state index is 0.0684. The number of piperidine rings is 2. The van der Waals surface area contributed by atoms with Crippen molar-refractivity contribution in [3.63, 3.8) is 0 Å². The van der Waals surface area contributed by atoms with E-state index in [0.29, 0.717) is 37.4 Å². The number of hydrogen-bond donors (Lipinski definition) is 1. The van der Waals surface area contributed by atoms with Crippen LogP contribution in [0.1, 0.15) is 43.2 Å². The van der Waals surface area contributed by atoms with Crippen LogP contribution in [0.25, 0.3) is 0 Å². The SMILES string of the molecule is COc1ccc(S(=O)(=O)N2CCCCC2)cc1NC(=O)C1CCN(S(=O)(=O)Cc2cccc(C)c2)CC1. The first-order chi connectivity index (χ1) is 17.6. The number of aryl methyl sites for hydroxylation is 1. The lowest BCUT2D eigenvalue weighted by atomic mass is 9.97. The van der Waals surface area contributed by atoms with Gasteiger partial charge in [-0.1, -0.05) is 36.2 Å². The first-order valence-corrected chi connectivity index (χ1v) is 15.7. The number of rotatable bonds is 8. The van der Waals surface area contributed by atoms with Crippen molar-refractivity contribution in [1.29, 1.82) is 0 Å². The van der Waals surface area contributed by atoms with Crippen molar-refractivity contribution < 1.29 is 26.4 Å². The zero-order valence-electron chi connectivity index (χ0n) is 21.4. The smallest absolute Gasteiger partial charge is 0.243 e. The van der Waals surface area contributed by atoms with Crippen LogP contribution in [-0.2, 0) is 30.6 Å². The summed E-state index contributed by atoms with van der Waals surface area (Å²) in [7, 11) is -5.70. The van der Waals surface area contributed by atoms with Gasteiger partial charge in [0, 0.05) is 32.1 Å². The number of ether oxygens (including phenoxy) is 1. The molecule has 0 aliphatic carbocycles. The molecule has 1 N–H and O–H groups in total. The molecule has 4 rings (SSSR count). The molecule has 0 unspecified atom stereocenters. The van der Waals surface area contributed by atoms with Gasteiger partial charge in [0.2, 0.25) is 26.0 Å². The number of sulfonamides is 2. The van der Waals surface area contributed by atoms with Crippen LogP contribution >= 0.6 is 0 Å². The molecule has 2 aromatic carbocycles. The number of methoxy groups -OCH3 is 1. The average Bonchev–Trinajstić information content (AvgIpc) is 2.89. The maximum Gasteiger partial charge on any atom is 0.243 e. The van der Waals surface area contributed by atoms with E-state index in [-0.39, 0.29) is 29.6 Å². The highest BCUT2D eigenvalue weighted by molar-refractivity contribution is 7.89. The molecule has 2 aliphatic rings.